The van der Waals surface area contributed by atoms with E-state index in [9.17, 15) is 0 Å². The van der Waals surface area contributed by atoms with E-state index in [0.29, 0.717) is 0 Å². The van der Waals surface area contributed by atoms with Crippen molar-refractivity contribution < 1.29 is 87.0 Å². The summed E-state index contributed by atoms with van der Waals surface area (Å²) in [6, 6.07) is 0. The van der Waals surface area contributed by atoms with E-state index in [2.05, 4.69) is 0 Å². The SMILES string of the molecule is O=S(=O)([O-])[O-].O=S(=O)([O-])[O-].[Au+3].[Na+]. The van der Waals surface area contributed by atoms with Gasteiger partial charge in [0.1, 0.15) is 0 Å². The van der Waals surface area contributed by atoms with E-state index in [1.807, 2.05) is 0 Å². The molecule has 0 aliphatic rings. The van der Waals surface area contributed by atoms with Crippen LogP contribution in [0, 0.1) is 0 Å². The van der Waals surface area contributed by atoms with Crippen molar-refractivity contribution in [2.24, 2.45) is 0 Å². The molecular formula is AuNaO8S2. The van der Waals surface area contributed by atoms with Crippen molar-refractivity contribution in [3.05, 3.63) is 0 Å². The predicted octanol–water partition coefficient (Wildman–Crippen LogP) is -5.67. The number of hydrogen-bond donors (Lipinski definition) is 0. The Balaban J connectivity index is -0.0000000457. The third-order valence-electron chi connectivity index (χ3n) is 0. The van der Waals surface area contributed by atoms with Crippen LogP contribution >= 0.6 is 0 Å². The van der Waals surface area contributed by atoms with Crippen LogP contribution in [-0.4, -0.2) is 35.0 Å². The third kappa shape index (κ3) is 575. The molecule has 0 heterocycles. The first-order valence-electron chi connectivity index (χ1n) is 1.33. The largest absolute Gasteiger partial charge is 3.00 e. The van der Waals surface area contributed by atoms with Crippen LogP contribution in [0.2, 0.25) is 0 Å². The minimum atomic E-state index is -5.17. The summed E-state index contributed by atoms with van der Waals surface area (Å²) in [4.78, 5) is 0. The molecule has 0 aromatic heterocycles. The van der Waals surface area contributed by atoms with Crippen LogP contribution < -0.4 is 29.6 Å². The summed E-state index contributed by atoms with van der Waals surface area (Å²) in [6.45, 7) is 0. The smallest absolute Gasteiger partial charge is 0.759 e. The molecule has 12 heteroatoms. The van der Waals surface area contributed by atoms with E-state index in [1.54, 1.807) is 0 Å². The molecule has 8 nitrogen and oxygen atoms in total. The van der Waals surface area contributed by atoms with Crippen LogP contribution in [0.15, 0.2) is 0 Å². The molecule has 0 aromatic carbocycles. The molecule has 0 fully saturated rings. The molecule has 0 radical (unpaired) electrons. The van der Waals surface area contributed by atoms with E-state index < -0.39 is 20.8 Å². The average molecular weight is 412 g/mol. The van der Waals surface area contributed by atoms with Gasteiger partial charge in [-0.3, -0.25) is 16.8 Å². The van der Waals surface area contributed by atoms with Crippen molar-refractivity contribution in [2.45, 2.75) is 0 Å². The van der Waals surface area contributed by atoms with Gasteiger partial charge in [-0.1, -0.05) is 0 Å². The predicted molar refractivity (Wildman–Crippen MR) is 20.9 cm³/mol. The zero-order valence-electron chi connectivity index (χ0n) is 5.38. The van der Waals surface area contributed by atoms with Crippen LogP contribution in [-0.2, 0) is 43.2 Å². The van der Waals surface area contributed by atoms with E-state index in [0.717, 1.165) is 0 Å². The molecule has 0 aromatic rings. The van der Waals surface area contributed by atoms with Crippen molar-refractivity contribution >= 4 is 20.8 Å². The zero-order valence-corrected chi connectivity index (χ0v) is 11.2. The van der Waals surface area contributed by atoms with Crippen LogP contribution in [0.1, 0.15) is 0 Å². The quantitative estimate of drug-likeness (QED) is 0.216. The van der Waals surface area contributed by atoms with Gasteiger partial charge in [-0.2, -0.15) is 0 Å². The second-order valence-electron chi connectivity index (χ2n) is 0.816. The monoisotopic (exact) mass is 412 g/mol. The van der Waals surface area contributed by atoms with Crippen molar-refractivity contribution in [1.29, 1.82) is 0 Å². The van der Waals surface area contributed by atoms with E-state index in [1.165, 1.54) is 0 Å². The summed E-state index contributed by atoms with van der Waals surface area (Å²) in [5.74, 6) is 0. The summed E-state index contributed by atoms with van der Waals surface area (Å²) in [5, 5.41) is 0. The second-order valence-corrected chi connectivity index (χ2v) is 2.45. The van der Waals surface area contributed by atoms with Gasteiger partial charge in [0.05, 0.1) is 0 Å². The van der Waals surface area contributed by atoms with Crippen molar-refractivity contribution in [3.8, 4) is 0 Å². The van der Waals surface area contributed by atoms with Crippen molar-refractivity contribution in [2.75, 3.05) is 0 Å². The Labute approximate surface area is 107 Å². The number of hydrogen-bond acceptors (Lipinski definition) is 8. The first-order chi connectivity index (χ1) is 4.00. The summed E-state index contributed by atoms with van der Waals surface area (Å²) >= 11 is 0. The molecule has 0 N–H and O–H groups in total. The molecular weight excluding hydrogens is 412 g/mol. The van der Waals surface area contributed by atoms with Crippen LogP contribution in [0.3, 0.4) is 0 Å². The Morgan fingerprint density at radius 3 is 0.667 bits per heavy atom. The Morgan fingerprint density at radius 2 is 0.667 bits per heavy atom. The molecule has 0 rings (SSSR count). The van der Waals surface area contributed by atoms with Gasteiger partial charge in [-0.05, 0) is 0 Å². The van der Waals surface area contributed by atoms with Crippen LogP contribution in [0.25, 0.3) is 0 Å². The van der Waals surface area contributed by atoms with Gasteiger partial charge in [0.2, 0.25) is 0 Å². The normalized spacial score (nSPS) is 9.67. The van der Waals surface area contributed by atoms with Gasteiger partial charge in [-0.15, -0.1) is 0 Å². The van der Waals surface area contributed by atoms with Crippen LogP contribution in [0.5, 0.6) is 0 Å². The van der Waals surface area contributed by atoms with Gasteiger partial charge in [0.25, 0.3) is 0 Å². The molecule has 0 saturated carbocycles. The van der Waals surface area contributed by atoms with Gasteiger partial charge in [0.15, 0.2) is 0 Å². The summed E-state index contributed by atoms with van der Waals surface area (Å²) in [7, 11) is -10.3. The zero-order chi connectivity index (χ0) is 9.00. The molecule has 0 spiro atoms. The Morgan fingerprint density at radius 1 is 0.667 bits per heavy atom. The van der Waals surface area contributed by atoms with Gasteiger partial charge < -0.3 is 18.2 Å². The maximum Gasteiger partial charge on any atom is 3.00 e. The van der Waals surface area contributed by atoms with E-state index >= 15 is 0 Å². The third-order valence-corrected chi connectivity index (χ3v) is 0. The molecule has 0 atom stereocenters. The maximum absolute atomic E-state index is 8.52. The first kappa shape index (κ1) is 23.4. The standard InChI is InChI=1S/Au.Na.2H2O4S/c;;2*1-5(2,3)4/h;;2*(H2,1,2,3,4)/q+3;+1;;/p-4. The molecule has 0 bridgehead atoms. The summed E-state index contributed by atoms with van der Waals surface area (Å²) < 4.78 is 68.2. The maximum atomic E-state index is 8.52. The van der Waals surface area contributed by atoms with E-state index in [4.69, 9.17) is 35.0 Å². The Kier molecular flexibility index (Phi) is 17.6. The molecule has 12 heavy (non-hydrogen) atoms. The molecule has 0 saturated heterocycles. The summed E-state index contributed by atoms with van der Waals surface area (Å²) in [6.07, 6.45) is 0. The van der Waals surface area contributed by atoms with Crippen molar-refractivity contribution in [3.63, 3.8) is 0 Å². The fourth-order valence-corrected chi connectivity index (χ4v) is 0. The molecule has 0 aliphatic heterocycles. The minimum Gasteiger partial charge on any atom is -0.759 e. The fourth-order valence-electron chi connectivity index (χ4n) is 0. The topological polar surface area (TPSA) is 161 Å². The second kappa shape index (κ2) is 9.05. The van der Waals surface area contributed by atoms with Crippen LogP contribution in [0.4, 0.5) is 0 Å². The van der Waals surface area contributed by atoms with Gasteiger partial charge in [0, 0.05) is 20.8 Å². The Hall–Kier alpha value is 1.48. The Bertz CT molecular complexity index is 213. The molecule has 0 amide bonds. The van der Waals surface area contributed by atoms with E-state index in [-0.39, 0.29) is 51.9 Å². The van der Waals surface area contributed by atoms with Crippen molar-refractivity contribution in [1.82, 2.24) is 0 Å². The number of rotatable bonds is 0. The molecule has 0 unspecified atom stereocenters. The molecule has 72 valence electrons. The van der Waals surface area contributed by atoms with Gasteiger partial charge in [-0.25, -0.2) is 0 Å². The average Bonchev–Trinajstić information content (AvgIpc) is 1.12. The minimum absolute atomic E-state index is 0. The molecule has 0 aliphatic carbocycles. The first-order valence-corrected chi connectivity index (χ1v) is 4.00. The fraction of sp³-hybridized carbons (Fsp3) is 0. The summed E-state index contributed by atoms with van der Waals surface area (Å²) in [5.41, 5.74) is 0. The van der Waals surface area contributed by atoms with Gasteiger partial charge >= 0.3 is 51.9 Å².